The van der Waals surface area contributed by atoms with Crippen molar-refractivity contribution in [3.63, 3.8) is 0 Å². The predicted molar refractivity (Wildman–Crippen MR) is 56.3 cm³/mol. The van der Waals surface area contributed by atoms with Gasteiger partial charge < -0.3 is 5.11 Å². The van der Waals surface area contributed by atoms with E-state index in [0.717, 1.165) is 6.42 Å². The van der Waals surface area contributed by atoms with Crippen LogP contribution in [0.15, 0.2) is 12.7 Å². The molecule has 0 aliphatic heterocycles. The van der Waals surface area contributed by atoms with Crippen LogP contribution in [0.3, 0.4) is 0 Å². The summed E-state index contributed by atoms with van der Waals surface area (Å²) in [7, 11) is 0. The van der Waals surface area contributed by atoms with Crippen molar-refractivity contribution in [3.8, 4) is 6.07 Å². The normalized spacial score (nSPS) is 8.08. The van der Waals surface area contributed by atoms with E-state index in [1.165, 1.54) is 38.2 Å². The highest BCUT2D eigenvalue weighted by Crippen LogP contribution is 2.03. The van der Waals surface area contributed by atoms with Crippen LogP contribution in [0.1, 0.15) is 45.4 Å². The van der Waals surface area contributed by atoms with Gasteiger partial charge >= 0.3 is 0 Å². The van der Waals surface area contributed by atoms with Crippen LogP contribution in [0, 0.1) is 11.3 Å². The molecule has 2 nitrogen and oxygen atoms in total. The molecule has 0 aliphatic rings. The Morgan fingerprint density at radius 1 is 1.23 bits per heavy atom. The minimum absolute atomic E-state index is 0.367. The van der Waals surface area contributed by atoms with Crippen molar-refractivity contribution >= 4 is 0 Å². The van der Waals surface area contributed by atoms with Crippen molar-refractivity contribution < 1.29 is 5.11 Å². The third-order valence-electron chi connectivity index (χ3n) is 1.60. The minimum atomic E-state index is 0.367. The van der Waals surface area contributed by atoms with Gasteiger partial charge in [-0.15, -0.1) is 0 Å². The van der Waals surface area contributed by atoms with Crippen molar-refractivity contribution in [3.05, 3.63) is 12.7 Å². The first-order valence-corrected chi connectivity index (χ1v) is 4.94. The predicted octanol–water partition coefficient (Wildman–Crippen LogP) is 3.04. The molecule has 0 fully saturated rings. The minimum Gasteiger partial charge on any atom is -0.396 e. The zero-order chi connectivity index (χ0) is 10.4. The molecular weight excluding hydrogens is 162 g/mol. The Balaban J connectivity index is 0. The van der Waals surface area contributed by atoms with E-state index in [9.17, 15) is 0 Å². The first-order chi connectivity index (χ1) is 6.33. The number of hydrogen-bond acceptors (Lipinski definition) is 2. The van der Waals surface area contributed by atoms with Gasteiger partial charge in [0.15, 0.2) is 0 Å². The number of allylic oxidation sites excluding steroid dienone is 1. The summed E-state index contributed by atoms with van der Waals surface area (Å²) in [5.41, 5.74) is 0. The topological polar surface area (TPSA) is 44.0 Å². The van der Waals surface area contributed by atoms with Gasteiger partial charge in [0.2, 0.25) is 0 Å². The number of hydrogen-bond donors (Lipinski definition) is 1. The zero-order valence-corrected chi connectivity index (χ0v) is 8.63. The summed E-state index contributed by atoms with van der Waals surface area (Å²) in [5, 5.41) is 15.9. The van der Waals surface area contributed by atoms with Crippen molar-refractivity contribution in [2.45, 2.75) is 45.4 Å². The summed E-state index contributed by atoms with van der Waals surface area (Å²) >= 11 is 0. The Bertz CT molecular complexity index is 121. The summed E-state index contributed by atoms with van der Waals surface area (Å²) in [6, 6.07) is 1.69. The highest BCUT2D eigenvalue weighted by atomic mass is 16.2. The van der Waals surface area contributed by atoms with E-state index in [1.54, 1.807) is 6.07 Å². The second-order valence-corrected chi connectivity index (χ2v) is 2.82. The van der Waals surface area contributed by atoms with Crippen molar-refractivity contribution in [1.82, 2.24) is 0 Å². The molecule has 0 heterocycles. The van der Waals surface area contributed by atoms with Gasteiger partial charge in [-0.25, -0.2) is 0 Å². The maximum atomic E-state index is 8.42. The van der Waals surface area contributed by atoms with E-state index < -0.39 is 0 Å². The van der Waals surface area contributed by atoms with Gasteiger partial charge in [-0.3, -0.25) is 0 Å². The van der Waals surface area contributed by atoms with Crippen LogP contribution in [0.4, 0.5) is 0 Å². The first-order valence-electron chi connectivity index (χ1n) is 4.94. The molecule has 0 aliphatic carbocycles. The standard InChI is InChI=1S/C8H18O.C3H3N/c1-2-3-4-5-6-7-8-9;1-2-3-4/h9H,2-8H2,1H3;2H,1H2. The molecule has 0 aromatic heterocycles. The summed E-state index contributed by atoms with van der Waals surface area (Å²) in [5.74, 6) is 0. The Morgan fingerprint density at radius 3 is 2.08 bits per heavy atom. The molecule has 2 heteroatoms. The second kappa shape index (κ2) is 17.3. The fraction of sp³-hybridized carbons (Fsp3) is 0.727. The molecular formula is C11H21NO. The van der Waals surface area contributed by atoms with E-state index >= 15 is 0 Å². The van der Waals surface area contributed by atoms with Crippen LogP contribution in [0.2, 0.25) is 0 Å². The van der Waals surface area contributed by atoms with Gasteiger partial charge in [-0.2, -0.15) is 5.26 Å². The summed E-state index contributed by atoms with van der Waals surface area (Å²) in [6.45, 7) is 5.70. The Kier molecular flexibility index (Phi) is 19.6. The van der Waals surface area contributed by atoms with E-state index in [2.05, 4.69) is 13.5 Å². The number of nitrogens with zero attached hydrogens (tertiary/aromatic N) is 1. The van der Waals surface area contributed by atoms with E-state index in [4.69, 9.17) is 10.4 Å². The molecule has 0 saturated heterocycles. The maximum absolute atomic E-state index is 8.42. The van der Waals surface area contributed by atoms with Gasteiger partial charge in [0, 0.05) is 12.7 Å². The Morgan fingerprint density at radius 2 is 1.69 bits per heavy atom. The number of nitriles is 1. The van der Waals surface area contributed by atoms with Gasteiger partial charge in [0.05, 0.1) is 6.07 Å². The lowest BCUT2D eigenvalue weighted by molar-refractivity contribution is 0.282. The lowest BCUT2D eigenvalue weighted by atomic mass is 10.1. The third kappa shape index (κ3) is 24.7. The van der Waals surface area contributed by atoms with Crippen LogP contribution >= 0.6 is 0 Å². The lowest BCUT2D eigenvalue weighted by Crippen LogP contribution is -1.82. The molecule has 0 spiro atoms. The van der Waals surface area contributed by atoms with Crippen molar-refractivity contribution in [2.24, 2.45) is 0 Å². The van der Waals surface area contributed by atoms with Gasteiger partial charge in [-0.05, 0) is 6.42 Å². The smallest absolute Gasteiger partial charge is 0.0905 e. The van der Waals surface area contributed by atoms with Gasteiger partial charge in [-0.1, -0.05) is 45.6 Å². The molecule has 0 radical (unpaired) electrons. The van der Waals surface area contributed by atoms with Crippen molar-refractivity contribution in [1.29, 1.82) is 5.26 Å². The Hall–Kier alpha value is -0.810. The summed E-state index contributed by atoms with van der Waals surface area (Å²) in [4.78, 5) is 0. The molecule has 0 saturated carbocycles. The lowest BCUT2D eigenvalue weighted by Gasteiger charge is -1.95. The van der Waals surface area contributed by atoms with Gasteiger partial charge in [0.25, 0.3) is 0 Å². The summed E-state index contributed by atoms with van der Waals surface area (Å²) in [6.07, 6.45) is 8.68. The molecule has 0 aromatic rings. The highest BCUT2D eigenvalue weighted by molar-refractivity contribution is 4.93. The summed E-state index contributed by atoms with van der Waals surface area (Å²) < 4.78 is 0. The molecule has 0 atom stereocenters. The fourth-order valence-electron chi connectivity index (χ4n) is 0.892. The van der Waals surface area contributed by atoms with E-state index in [1.807, 2.05) is 0 Å². The number of aliphatic hydroxyl groups is 1. The average molecular weight is 183 g/mol. The maximum Gasteiger partial charge on any atom is 0.0905 e. The van der Waals surface area contributed by atoms with Crippen LogP contribution in [-0.2, 0) is 0 Å². The molecule has 0 amide bonds. The molecule has 0 unspecified atom stereocenters. The second-order valence-electron chi connectivity index (χ2n) is 2.82. The number of aliphatic hydroxyl groups excluding tert-OH is 1. The molecule has 0 aromatic carbocycles. The van der Waals surface area contributed by atoms with Crippen LogP contribution in [-0.4, -0.2) is 11.7 Å². The Labute approximate surface area is 81.9 Å². The molecule has 0 rings (SSSR count). The molecule has 0 bridgehead atoms. The van der Waals surface area contributed by atoms with E-state index in [0.29, 0.717) is 6.61 Å². The average Bonchev–Trinajstić information content (AvgIpc) is 2.18. The quantitative estimate of drug-likeness (QED) is 0.508. The fourth-order valence-corrected chi connectivity index (χ4v) is 0.892. The number of rotatable bonds is 6. The molecule has 1 N–H and O–H groups in total. The SMILES string of the molecule is C=CC#N.CCCCCCCCO. The molecule has 76 valence electrons. The van der Waals surface area contributed by atoms with Crippen LogP contribution in [0.25, 0.3) is 0 Å². The van der Waals surface area contributed by atoms with E-state index in [-0.39, 0.29) is 0 Å². The van der Waals surface area contributed by atoms with Crippen LogP contribution < -0.4 is 0 Å². The highest BCUT2D eigenvalue weighted by Gasteiger charge is 1.86. The largest absolute Gasteiger partial charge is 0.396 e. The number of unbranched alkanes of at least 4 members (excludes halogenated alkanes) is 5. The molecule has 13 heavy (non-hydrogen) atoms. The first kappa shape index (κ1) is 14.7. The zero-order valence-electron chi connectivity index (χ0n) is 8.63. The van der Waals surface area contributed by atoms with Gasteiger partial charge in [0.1, 0.15) is 0 Å². The monoisotopic (exact) mass is 183 g/mol. The van der Waals surface area contributed by atoms with Crippen molar-refractivity contribution in [2.75, 3.05) is 6.61 Å². The van der Waals surface area contributed by atoms with Crippen LogP contribution in [0.5, 0.6) is 0 Å². The third-order valence-corrected chi connectivity index (χ3v) is 1.60.